The summed E-state index contributed by atoms with van der Waals surface area (Å²) in [4.78, 5) is 17.7. The van der Waals surface area contributed by atoms with Crippen molar-refractivity contribution in [3.8, 4) is 0 Å². The third kappa shape index (κ3) is 4.27. The van der Waals surface area contributed by atoms with Gasteiger partial charge in [0.05, 0.1) is 26.9 Å². The number of amides is 1. The van der Waals surface area contributed by atoms with E-state index in [2.05, 4.69) is 4.99 Å². The van der Waals surface area contributed by atoms with Crippen LogP contribution in [0.1, 0.15) is 39.0 Å². The van der Waals surface area contributed by atoms with Crippen molar-refractivity contribution in [2.24, 2.45) is 10.9 Å². The van der Waals surface area contributed by atoms with Crippen LogP contribution in [-0.2, 0) is 16.1 Å². The lowest BCUT2D eigenvalue weighted by atomic mass is 9.89. The van der Waals surface area contributed by atoms with Gasteiger partial charge < -0.3 is 9.30 Å². The van der Waals surface area contributed by atoms with Gasteiger partial charge in [-0.2, -0.15) is 4.99 Å². The van der Waals surface area contributed by atoms with Crippen molar-refractivity contribution in [2.75, 3.05) is 13.2 Å². The summed E-state index contributed by atoms with van der Waals surface area (Å²) in [6, 6.07) is 3.71. The number of benzene rings is 1. The number of carbonyl (C=O) groups is 1. The summed E-state index contributed by atoms with van der Waals surface area (Å²) in [7, 11) is 0. The summed E-state index contributed by atoms with van der Waals surface area (Å²) in [5.74, 6) is 0.0389. The van der Waals surface area contributed by atoms with E-state index in [0.717, 1.165) is 35.9 Å². The van der Waals surface area contributed by atoms with Gasteiger partial charge in [0.25, 0.3) is 5.91 Å². The number of fused-ring (bicyclic) bond motifs is 1. The van der Waals surface area contributed by atoms with E-state index in [1.54, 1.807) is 6.07 Å². The second kappa shape index (κ2) is 8.67. The molecule has 1 heterocycles. The van der Waals surface area contributed by atoms with E-state index in [9.17, 15) is 4.79 Å². The maximum Gasteiger partial charge on any atom is 0.251 e. The Morgan fingerprint density at radius 1 is 1.32 bits per heavy atom. The Morgan fingerprint density at radius 3 is 2.80 bits per heavy atom. The highest BCUT2D eigenvalue weighted by atomic mass is 35.5. The Balaban J connectivity index is 2.03. The van der Waals surface area contributed by atoms with E-state index in [0.29, 0.717) is 34.6 Å². The van der Waals surface area contributed by atoms with E-state index >= 15 is 0 Å². The van der Waals surface area contributed by atoms with Crippen LogP contribution in [-0.4, -0.2) is 23.7 Å². The Bertz CT molecular complexity index is 822. The molecule has 0 N–H and O–H groups in total. The third-order valence-corrected chi connectivity index (χ3v) is 6.40. The first-order valence-corrected chi connectivity index (χ1v) is 10.3. The van der Waals surface area contributed by atoms with Gasteiger partial charge in [-0.3, -0.25) is 4.79 Å². The first-order chi connectivity index (χ1) is 12.1. The lowest BCUT2D eigenvalue weighted by molar-refractivity contribution is -0.122. The van der Waals surface area contributed by atoms with Gasteiger partial charge in [0.1, 0.15) is 0 Å². The number of hydrogen-bond donors (Lipinski definition) is 0. The molecule has 25 heavy (non-hydrogen) atoms. The zero-order chi connectivity index (χ0) is 17.8. The predicted octanol–water partition coefficient (Wildman–Crippen LogP) is 5.05. The van der Waals surface area contributed by atoms with Crippen molar-refractivity contribution in [1.82, 2.24) is 4.57 Å². The molecular formula is C18H22Cl2N2O2S. The molecule has 1 aliphatic carbocycles. The third-order valence-electron chi connectivity index (χ3n) is 4.56. The van der Waals surface area contributed by atoms with Crippen molar-refractivity contribution in [1.29, 1.82) is 0 Å². The number of aromatic nitrogens is 1. The lowest BCUT2D eigenvalue weighted by Gasteiger charge is -2.17. The Labute approximate surface area is 161 Å². The summed E-state index contributed by atoms with van der Waals surface area (Å²) in [5.41, 5.74) is 0.828. The number of carbonyl (C=O) groups excluding carboxylic acids is 1. The average Bonchev–Trinajstić information content (AvgIpc) is 2.97. The van der Waals surface area contributed by atoms with Crippen LogP contribution >= 0.6 is 34.5 Å². The summed E-state index contributed by atoms with van der Waals surface area (Å²) in [5, 5.41) is 1.00. The largest absolute Gasteiger partial charge is 0.380 e. The molecule has 2 aromatic rings. The fraction of sp³-hybridized carbons (Fsp3) is 0.556. The number of halogens is 2. The van der Waals surface area contributed by atoms with Crippen LogP contribution < -0.4 is 4.80 Å². The van der Waals surface area contributed by atoms with Gasteiger partial charge in [0, 0.05) is 19.1 Å². The summed E-state index contributed by atoms with van der Waals surface area (Å²) < 4.78 is 8.42. The lowest BCUT2D eigenvalue weighted by Crippen LogP contribution is -2.23. The number of rotatable bonds is 5. The molecule has 1 fully saturated rings. The van der Waals surface area contributed by atoms with E-state index in [1.165, 1.54) is 17.8 Å². The van der Waals surface area contributed by atoms with Gasteiger partial charge in [-0.15, -0.1) is 0 Å². The van der Waals surface area contributed by atoms with E-state index in [4.69, 9.17) is 27.9 Å². The molecule has 1 aromatic heterocycles. The number of nitrogens with zero attached hydrogens (tertiary/aromatic N) is 2. The Morgan fingerprint density at radius 2 is 2.08 bits per heavy atom. The maximum atomic E-state index is 12.6. The smallest absolute Gasteiger partial charge is 0.251 e. The van der Waals surface area contributed by atoms with Gasteiger partial charge in [0.2, 0.25) is 0 Å². The van der Waals surface area contributed by atoms with Gasteiger partial charge in [0.15, 0.2) is 4.80 Å². The summed E-state index contributed by atoms with van der Waals surface area (Å²) in [6.45, 7) is 3.73. The first kappa shape index (κ1) is 18.9. The van der Waals surface area contributed by atoms with Crippen molar-refractivity contribution in [3.05, 3.63) is 27.0 Å². The molecule has 0 spiro atoms. The zero-order valence-corrected chi connectivity index (χ0v) is 16.6. The minimum atomic E-state index is -0.0152. The monoisotopic (exact) mass is 400 g/mol. The topological polar surface area (TPSA) is 43.6 Å². The molecule has 136 valence electrons. The molecule has 1 aliphatic rings. The minimum absolute atomic E-state index is 0.0152. The SMILES string of the molecule is CCOCCn1c(=NC(=O)C2CCCCC2)sc2ccc(Cl)c(Cl)c21. The number of ether oxygens (including phenoxy) is 1. The molecule has 7 heteroatoms. The zero-order valence-electron chi connectivity index (χ0n) is 14.3. The predicted molar refractivity (Wildman–Crippen MR) is 103 cm³/mol. The second-order valence-electron chi connectivity index (χ2n) is 6.23. The molecular weight excluding hydrogens is 379 g/mol. The fourth-order valence-electron chi connectivity index (χ4n) is 3.23. The van der Waals surface area contributed by atoms with E-state index < -0.39 is 0 Å². The Kier molecular flexibility index (Phi) is 6.55. The van der Waals surface area contributed by atoms with Gasteiger partial charge in [-0.05, 0) is 31.9 Å². The minimum Gasteiger partial charge on any atom is -0.380 e. The summed E-state index contributed by atoms with van der Waals surface area (Å²) in [6.07, 6.45) is 5.33. The standard InChI is InChI=1S/C18H22Cl2N2O2S/c1-2-24-11-10-22-16-14(9-8-13(19)15(16)20)25-18(22)21-17(23)12-6-4-3-5-7-12/h8-9,12H,2-7,10-11H2,1H3. The maximum absolute atomic E-state index is 12.6. The van der Waals surface area contributed by atoms with Crippen LogP contribution in [0.4, 0.5) is 0 Å². The Hall–Kier alpha value is -0.880. The molecule has 0 radical (unpaired) electrons. The molecule has 1 saturated carbocycles. The highest BCUT2D eigenvalue weighted by molar-refractivity contribution is 7.16. The molecule has 0 atom stereocenters. The van der Waals surface area contributed by atoms with Crippen LogP contribution in [0.2, 0.25) is 10.0 Å². The van der Waals surface area contributed by atoms with Crippen LogP contribution in [0.25, 0.3) is 10.2 Å². The van der Waals surface area contributed by atoms with E-state index in [-0.39, 0.29) is 11.8 Å². The molecule has 0 unspecified atom stereocenters. The van der Waals surface area contributed by atoms with Crippen molar-refractivity contribution >= 4 is 50.7 Å². The van der Waals surface area contributed by atoms with Crippen LogP contribution in [0.5, 0.6) is 0 Å². The first-order valence-electron chi connectivity index (χ1n) is 8.75. The second-order valence-corrected chi connectivity index (χ2v) is 8.02. The fourth-order valence-corrected chi connectivity index (χ4v) is 4.78. The van der Waals surface area contributed by atoms with Gasteiger partial charge in [-0.25, -0.2) is 0 Å². The molecule has 3 rings (SSSR count). The highest BCUT2D eigenvalue weighted by Gasteiger charge is 2.21. The van der Waals surface area contributed by atoms with Crippen LogP contribution in [0, 0.1) is 5.92 Å². The number of thiazole rings is 1. The van der Waals surface area contributed by atoms with Gasteiger partial charge in [-0.1, -0.05) is 53.8 Å². The highest BCUT2D eigenvalue weighted by Crippen LogP contribution is 2.32. The van der Waals surface area contributed by atoms with Crippen molar-refractivity contribution in [2.45, 2.75) is 45.6 Å². The molecule has 1 aromatic carbocycles. The molecule has 1 amide bonds. The molecule has 0 bridgehead atoms. The molecule has 0 saturated heterocycles. The quantitative estimate of drug-likeness (QED) is 0.658. The molecule has 0 aliphatic heterocycles. The van der Waals surface area contributed by atoms with Crippen LogP contribution in [0.15, 0.2) is 17.1 Å². The van der Waals surface area contributed by atoms with Crippen molar-refractivity contribution in [3.63, 3.8) is 0 Å². The summed E-state index contributed by atoms with van der Waals surface area (Å²) >= 11 is 14.1. The normalized spacial score (nSPS) is 16.7. The van der Waals surface area contributed by atoms with Crippen molar-refractivity contribution < 1.29 is 9.53 Å². The van der Waals surface area contributed by atoms with Crippen LogP contribution in [0.3, 0.4) is 0 Å². The average molecular weight is 401 g/mol. The molecule has 4 nitrogen and oxygen atoms in total. The van der Waals surface area contributed by atoms with E-state index in [1.807, 2.05) is 17.6 Å². The number of hydrogen-bond acceptors (Lipinski definition) is 3. The van der Waals surface area contributed by atoms with Gasteiger partial charge >= 0.3 is 0 Å².